The summed E-state index contributed by atoms with van der Waals surface area (Å²) in [5, 5.41) is 0. The van der Waals surface area contributed by atoms with Crippen molar-refractivity contribution >= 4 is 15.7 Å². The molecule has 12 heavy (non-hydrogen) atoms. The number of rotatable bonds is 2. The van der Waals surface area contributed by atoms with Gasteiger partial charge in [-0.3, -0.25) is 4.57 Å². The topological polar surface area (TPSA) is 26.3 Å². The molecule has 72 valence electrons. The van der Waals surface area contributed by atoms with Crippen molar-refractivity contribution in [3.05, 3.63) is 0 Å². The maximum atomic E-state index is 12.2. The van der Waals surface area contributed by atoms with Crippen LogP contribution in [-0.2, 0) is 8.78 Å². The van der Waals surface area contributed by atoms with Crippen molar-refractivity contribution in [3.63, 3.8) is 0 Å². The molecule has 1 saturated heterocycles. The maximum Gasteiger partial charge on any atom is 0.196 e. The molecule has 1 fully saturated rings. The molecule has 0 saturated carbocycles. The zero-order valence-electron chi connectivity index (χ0n) is 8.46. The largest absolute Gasteiger partial charge is 0.370 e. The second kappa shape index (κ2) is 3.28. The van der Waals surface area contributed by atoms with E-state index in [0.29, 0.717) is 5.66 Å². The van der Waals surface area contributed by atoms with Crippen molar-refractivity contribution in [1.29, 1.82) is 0 Å². The Morgan fingerprint density at radius 2 is 2.00 bits per heavy atom. The Morgan fingerprint density at radius 1 is 1.42 bits per heavy atom. The first-order chi connectivity index (χ1) is 5.33. The van der Waals surface area contributed by atoms with Crippen LogP contribution in [0.3, 0.4) is 0 Å². The Bertz CT molecular complexity index is 210. The molecule has 0 aromatic rings. The van der Waals surface area contributed by atoms with Crippen LogP contribution in [0.15, 0.2) is 0 Å². The molecule has 0 aromatic heterocycles. The molecule has 0 radical (unpaired) electrons. The monoisotopic (exact) mass is 206 g/mol. The first kappa shape index (κ1) is 10.5. The Labute approximate surface area is 76.3 Å². The van der Waals surface area contributed by atoms with Crippen LogP contribution in [0, 0.1) is 0 Å². The summed E-state index contributed by atoms with van der Waals surface area (Å²) in [5.74, 6) is 0. The molecule has 4 heteroatoms. The summed E-state index contributed by atoms with van der Waals surface area (Å²) in [4.78, 5) is 0. The van der Waals surface area contributed by atoms with Gasteiger partial charge in [0.2, 0.25) is 0 Å². The van der Waals surface area contributed by atoms with Crippen LogP contribution in [0.25, 0.3) is 0 Å². The van der Waals surface area contributed by atoms with E-state index in [1.54, 1.807) is 0 Å². The van der Waals surface area contributed by atoms with Gasteiger partial charge in [-0.1, -0.05) is 6.92 Å². The van der Waals surface area contributed by atoms with Gasteiger partial charge >= 0.3 is 0 Å². The fourth-order valence-electron chi connectivity index (χ4n) is 1.62. The van der Waals surface area contributed by atoms with Crippen LogP contribution in [0.2, 0.25) is 19.6 Å². The molecule has 0 bridgehead atoms. The summed E-state index contributed by atoms with van der Waals surface area (Å²) >= 11 is 0. The smallest absolute Gasteiger partial charge is 0.196 e. The van der Waals surface area contributed by atoms with Gasteiger partial charge in [-0.15, -0.1) is 0 Å². The van der Waals surface area contributed by atoms with Gasteiger partial charge in [0.1, 0.15) is 0 Å². The van der Waals surface area contributed by atoms with E-state index in [-0.39, 0.29) is 0 Å². The van der Waals surface area contributed by atoms with Gasteiger partial charge in [0, 0.05) is 11.8 Å². The van der Waals surface area contributed by atoms with Crippen molar-refractivity contribution in [2.45, 2.75) is 45.1 Å². The highest BCUT2D eigenvalue weighted by Crippen LogP contribution is 2.60. The minimum Gasteiger partial charge on any atom is -0.370 e. The average molecular weight is 206 g/mol. The summed E-state index contributed by atoms with van der Waals surface area (Å²) in [6, 6.07) is 0. The fourth-order valence-corrected chi connectivity index (χ4v) is 8.06. The van der Waals surface area contributed by atoms with Gasteiger partial charge in [0.15, 0.2) is 15.7 Å². The van der Waals surface area contributed by atoms with E-state index in [0.717, 1.165) is 19.0 Å². The Hall–Kier alpha value is 0.407. The molecule has 0 N–H and O–H groups in total. The minimum atomic E-state index is -2.22. The van der Waals surface area contributed by atoms with E-state index < -0.39 is 15.7 Å². The summed E-state index contributed by atoms with van der Waals surface area (Å²) in [7, 11) is -3.82. The van der Waals surface area contributed by atoms with Crippen LogP contribution in [0.1, 0.15) is 19.8 Å². The zero-order valence-corrected chi connectivity index (χ0v) is 10.4. The molecule has 1 heterocycles. The van der Waals surface area contributed by atoms with Crippen LogP contribution in [0.4, 0.5) is 0 Å². The maximum absolute atomic E-state index is 12.2. The quantitative estimate of drug-likeness (QED) is 0.512. The summed E-state index contributed by atoms with van der Waals surface area (Å²) in [6.45, 7) is 8.39. The highest BCUT2D eigenvalue weighted by atomic mass is 31.2. The lowest BCUT2D eigenvalue weighted by molar-refractivity contribution is 0.478. The van der Waals surface area contributed by atoms with Gasteiger partial charge in [-0.05, 0) is 32.5 Å². The predicted molar refractivity (Wildman–Crippen MR) is 55.6 cm³/mol. The van der Waals surface area contributed by atoms with Crippen molar-refractivity contribution in [1.82, 2.24) is 0 Å². The number of hydrogen-bond donors (Lipinski definition) is 0. The second-order valence-electron chi connectivity index (χ2n) is 4.64. The summed E-state index contributed by atoms with van der Waals surface area (Å²) < 4.78 is 18.0. The molecule has 0 aromatic carbocycles. The van der Waals surface area contributed by atoms with Crippen LogP contribution in [0.5, 0.6) is 0 Å². The van der Waals surface area contributed by atoms with Gasteiger partial charge in [0.05, 0.1) is 0 Å². The molecule has 2 nitrogen and oxygen atoms in total. The van der Waals surface area contributed by atoms with Crippen LogP contribution >= 0.6 is 7.37 Å². The molecule has 0 spiro atoms. The number of hydrogen-bond acceptors (Lipinski definition) is 2. The van der Waals surface area contributed by atoms with Gasteiger partial charge in [0.25, 0.3) is 0 Å². The predicted octanol–water partition coefficient (Wildman–Crippen LogP) is 3.30. The standard InChI is InChI=1S/C8H19O2PSi/c1-8-6-5-7-11(8,9)10-12(2,3)4/h8H,5-7H2,1-4H3. The molecular weight excluding hydrogens is 187 g/mol. The lowest BCUT2D eigenvalue weighted by atomic mass is 10.3. The minimum absolute atomic E-state index is 0.309. The molecule has 1 rings (SSSR count). The van der Waals surface area contributed by atoms with E-state index in [9.17, 15) is 4.57 Å². The van der Waals surface area contributed by atoms with Crippen molar-refractivity contribution < 1.29 is 8.78 Å². The van der Waals surface area contributed by atoms with Gasteiger partial charge < -0.3 is 4.21 Å². The third-order valence-corrected chi connectivity index (χ3v) is 8.16. The third kappa shape index (κ3) is 2.45. The first-order valence-electron chi connectivity index (χ1n) is 4.63. The van der Waals surface area contributed by atoms with Crippen molar-refractivity contribution in [2.75, 3.05) is 6.16 Å². The SMILES string of the molecule is CC1CCCP1(=O)O[Si](C)(C)C. The summed E-state index contributed by atoms with van der Waals surface area (Å²) in [6.07, 6.45) is 2.99. The Morgan fingerprint density at radius 3 is 2.33 bits per heavy atom. The lowest BCUT2D eigenvalue weighted by Crippen LogP contribution is -2.25. The lowest BCUT2D eigenvalue weighted by Gasteiger charge is -2.26. The van der Waals surface area contributed by atoms with Gasteiger partial charge in [-0.25, -0.2) is 0 Å². The zero-order chi connectivity index (χ0) is 9.41. The van der Waals surface area contributed by atoms with Crippen LogP contribution < -0.4 is 0 Å². The van der Waals surface area contributed by atoms with E-state index >= 15 is 0 Å². The highest BCUT2D eigenvalue weighted by molar-refractivity contribution is 7.61. The van der Waals surface area contributed by atoms with E-state index in [1.165, 1.54) is 0 Å². The van der Waals surface area contributed by atoms with Crippen LogP contribution in [-0.4, -0.2) is 20.1 Å². The molecule has 1 aliphatic heterocycles. The molecule has 2 unspecified atom stereocenters. The Balaban J connectivity index is 2.67. The molecular formula is C8H19O2PSi. The first-order valence-corrected chi connectivity index (χ1v) is 9.92. The fraction of sp³-hybridized carbons (Fsp3) is 1.00. The molecule has 0 amide bonds. The normalized spacial score (nSPS) is 37.2. The third-order valence-electron chi connectivity index (χ3n) is 2.19. The average Bonchev–Trinajstić information content (AvgIpc) is 2.08. The van der Waals surface area contributed by atoms with Crippen molar-refractivity contribution in [3.8, 4) is 0 Å². The van der Waals surface area contributed by atoms with E-state index in [1.807, 2.05) is 0 Å². The summed E-state index contributed by atoms with van der Waals surface area (Å²) in [5.41, 5.74) is 0.309. The Kier molecular flexibility index (Phi) is 2.87. The van der Waals surface area contributed by atoms with Crippen molar-refractivity contribution in [2.24, 2.45) is 0 Å². The van der Waals surface area contributed by atoms with E-state index in [4.69, 9.17) is 4.21 Å². The highest BCUT2D eigenvalue weighted by Gasteiger charge is 2.39. The van der Waals surface area contributed by atoms with Gasteiger partial charge in [-0.2, -0.15) is 0 Å². The molecule has 0 aliphatic carbocycles. The second-order valence-corrected chi connectivity index (χ2v) is 12.4. The molecule has 1 aliphatic rings. The van der Waals surface area contributed by atoms with E-state index in [2.05, 4.69) is 26.6 Å². The molecule has 2 atom stereocenters.